The predicted octanol–water partition coefficient (Wildman–Crippen LogP) is 3.05. The Balaban J connectivity index is 1.23. The predicted molar refractivity (Wildman–Crippen MR) is 104 cm³/mol. The zero-order valence-corrected chi connectivity index (χ0v) is 15.4. The van der Waals surface area contributed by atoms with Crippen molar-refractivity contribution in [1.82, 2.24) is 10.2 Å². The van der Waals surface area contributed by atoms with Gasteiger partial charge in [0.05, 0.1) is 0 Å². The molecule has 4 nitrogen and oxygen atoms in total. The molecule has 0 bridgehead atoms. The third kappa shape index (κ3) is 5.15. The number of hydrogen-bond donors (Lipinski definition) is 1. The highest BCUT2D eigenvalue weighted by Crippen LogP contribution is 2.29. The second-order valence-electron chi connectivity index (χ2n) is 7.06. The normalized spacial score (nSPS) is 16.5. The van der Waals surface area contributed by atoms with Crippen LogP contribution in [0.15, 0.2) is 53.8 Å². The molecular formula is C22H28N2O2. The number of unbranched alkanes of at least 4 members (excludes halogenated alkanes) is 3. The fourth-order valence-corrected chi connectivity index (χ4v) is 3.60. The number of likely N-dealkylation sites (tertiary alicyclic amines) is 1. The van der Waals surface area contributed by atoms with Crippen LogP contribution in [0.4, 0.5) is 0 Å². The highest BCUT2D eigenvalue weighted by molar-refractivity contribution is 6.46. The number of carbonyl (C=O) groups excluding carboxylic acids is 2. The summed E-state index contributed by atoms with van der Waals surface area (Å²) in [6.07, 6.45) is 9.80. The van der Waals surface area contributed by atoms with Gasteiger partial charge in [-0.2, -0.15) is 0 Å². The van der Waals surface area contributed by atoms with Gasteiger partial charge >= 0.3 is 0 Å². The maximum atomic E-state index is 11.6. The number of fused-ring (bicyclic) bond motifs is 1. The van der Waals surface area contributed by atoms with Gasteiger partial charge in [0, 0.05) is 24.9 Å². The van der Waals surface area contributed by atoms with E-state index in [1.54, 1.807) is 0 Å². The molecule has 0 radical (unpaired) electrons. The summed E-state index contributed by atoms with van der Waals surface area (Å²) in [5.74, 6) is -0.748. The van der Waals surface area contributed by atoms with Crippen LogP contribution >= 0.6 is 0 Å². The minimum Gasteiger partial charge on any atom is -0.371 e. The molecule has 1 N–H and O–H groups in total. The SMILES string of the molecule is O=C1C=C2CCN(CCCCCCNCCc3ccccc3)C2=CC1=O. The Bertz CT molecular complexity index is 691. The minimum atomic E-state index is -0.378. The number of benzene rings is 1. The molecule has 1 aliphatic heterocycles. The molecule has 1 aromatic rings. The van der Waals surface area contributed by atoms with Crippen molar-refractivity contribution in [2.24, 2.45) is 0 Å². The number of ketones is 2. The van der Waals surface area contributed by atoms with Crippen molar-refractivity contribution in [1.29, 1.82) is 0 Å². The van der Waals surface area contributed by atoms with E-state index < -0.39 is 0 Å². The van der Waals surface area contributed by atoms with Crippen molar-refractivity contribution < 1.29 is 9.59 Å². The van der Waals surface area contributed by atoms with Crippen LogP contribution in [0.3, 0.4) is 0 Å². The molecule has 0 atom stereocenters. The van der Waals surface area contributed by atoms with E-state index in [0.717, 1.165) is 56.7 Å². The van der Waals surface area contributed by atoms with Crippen molar-refractivity contribution in [3.63, 3.8) is 0 Å². The summed E-state index contributed by atoms with van der Waals surface area (Å²) >= 11 is 0. The lowest BCUT2D eigenvalue weighted by atomic mass is 10.0. The Hall–Kier alpha value is -2.20. The number of nitrogens with zero attached hydrogens (tertiary/aromatic N) is 1. The Morgan fingerprint density at radius 2 is 1.65 bits per heavy atom. The Kier molecular flexibility index (Phi) is 6.78. The number of hydrogen-bond acceptors (Lipinski definition) is 4. The van der Waals surface area contributed by atoms with Crippen LogP contribution in [-0.2, 0) is 16.0 Å². The number of allylic oxidation sites excluding steroid dienone is 3. The first-order valence-electron chi connectivity index (χ1n) is 9.74. The molecule has 26 heavy (non-hydrogen) atoms. The number of nitrogens with one attached hydrogen (secondary N) is 1. The Morgan fingerprint density at radius 1 is 0.885 bits per heavy atom. The van der Waals surface area contributed by atoms with Crippen molar-refractivity contribution in [2.45, 2.75) is 38.5 Å². The van der Waals surface area contributed by atoms with Gasteiger partial charge in [-0.05, 0) is 56.0 Å². The van der Waals surface area contributed by atoms with Gasteiger partial charge in [0.15, 0.2) is 0 Å². The Morgan fingerprint density at radius 3 is 2.50 bits per heavy atom. The van der Waals surface area contributed by atoms with E-state index in [2.05, 4.69) is 40.5 Å². The van der Waals surface area contributed by atoms with E-state index in [9.17, 15) is 9.59 Å². The molecule has 4 heteroatoms. The van der Waals surface area contributed by atoms with Gasteiger partial charge in [-0.15, -0.1) is 0 Å². The van der Waals surface area contributed by atoms with E-state index in [-0.39, 0.29) is 11.6 Å². The van der Waals surface area contributed by atoms with Crippen LogP contribution in [0.5, 0.6) is 0 Å². The van der Waals surface area contributed by atoms with Gasteiger partial charge in [0.2, 0.25) is 11.6 Å². The summed E-state index contributed by atoms with van der Waals surface area (Å²) in [5.41, 5.74) is 3.41. The van der Waals surface area contributed by atoms with E-state index in [1.807, 2.05) is 0 Å². The highest BCUT2D eigenvalue weighted by atomic mass is 16.2. The molecule has 1 aromatic carbocycles. The van der Waals surface area contributed by atoms with E-state index in [1.165, 1.54) is 37.0 Å². The summed E-state index contributed by atoms with van der Waals surface area (Å²) in [6, 6.07) is 10.6. The highest BCUT2D eigenvalue weighted by Gasteiger charge is 2.28. The first-order chi connectivity index (χ1) is 12.7. The molecule has 0 spiro atoms. The molecule has 0 aromatic heterocycles. The van der Waals surface area contributed by atoms with Crippen LogP contribution in [0.2, 0.25) is 0 Å². The zero-order valence-electron chi connectivity index (χ0n) is 15.4. The largest absolute Gasteiger partial charge is 0.371 e. The summed E-state index contributed by atoms with van der Waals surface area (Å²) < 4.78 is 0. The summed E-state index contributed by atoms with van der Waals surface area (Å²) in [4.78, 5) is 25.3. The van der Waals surface area contributed by atoms with Gasteiger partial charge in [-0.1, -0.05) is 43.2 Å². The quantitative estimate of drug-likeness (QED) is 0.399. The number of rotatable bonds is 10. The average molecular weight is 352 g/mol. The molecule has 0 unspecified atom stereocenters. The standard InChI is InChI=1S/C22H28N2O2/c25-21-16-19-11-15-24(20(19)17-22(21)26)14-7-2-1-6-12-23-13-10-18-8-4-3-5-9-18/h3-5,8-9,16-17,23H,1-2,6-7,10-15H2. The third-order valence-electron chi connectivity index (χ3n) is 5.10. The van der Waals surface area contributed by atoms with Crippen LogP contribution in [0.25, 0.3) is 0 Å². The topological polar surface area (TPSA) is 49.4 Å². The van der Waals surface area contributed by atoms with Crippen LogP contribution in [-0.4, -0.2) is 42.6 Å². The van der Waals surface area contributed by atoms with Gasteiger partial charge in [0.1, 0.15) is 0 Å². The van der Waals surface area contributed by atoms with Gasteiger partial charge < -0.3 is 10.2 Å². The fourth-order valence-electron chi connectivity index (χ4n) is 3.60. The summed E-state index contributed by atoms with van der Waals surface area (Å²) in [7, 11) is 0. The summed E-state index contributed by atoms with van der Waals surface area (Å²) in [5, 5.41) is 3.52. The van der Waals surface area contributed by atoms with Crippen LogP contribution < -0.4 is 5.32 Å². The molecule has 3 rings (SSSR count). The maximum absolute atomic E-state index is 11.6. The minimum absolute atomic E-state index is 0.370. The molecule has 1 saturated heterocycles. The van der Waals surface area contributed by atoms with Crippen molar-refractivity contribution in [3.05, 3.63) is 59.3 Å². The van der Waals surface area contributed by atoms with Gasteiger partial charge in [-0.25, -0.2) is 0 Å². The third-order valence-corrected chi connectivity index (χ3v) is 5.10. The average Bonchev–Trinajstić information content (AvgIpc) is 3.03. The molecule has 138 valence electrons. The molecule has 1 aliphatic carbocycles. The lowest BCUT2D eigenvalue weighted by Gasteiger charge is -2.21. The molecule has 2 aliphatic rings. The lowest BCUT2D eigenvalue weighted by molar-refractivity contribution is -0.131. The van der Waals surface area contributed by atoms with Crippen LogP contribution in [0, 0.1) is 0 Å². The maximum Gasteiger partial charge on any atom is 0.227 e. The molecule has 0 saturated carbocycles. The van der Waals surface area contributed by atoms with Crippen molar-refractivity contribution in [3.8, 4) is 0 Å². The lowest BCUT2D eigenvalue weighted by Crippen LogP contribution is -2.23. The van der Waals surface area contributed by atoms with Crippen LogP contribution in [0.1, 0.15) is 37.7 Å². The monoisotopic (exact) mass is 352 g/mol. The first kappa shape index (κ1) is 18.6. The Labute approximate surface area is 156 Å². The second-order valence-corrected chi connectivity index (χ2v) is 7.06. The summed E-state index contributed by atoms with van der Waals surface area (Å²) in [6.45, 7) is 4.02. The molecule has 1 heterocycles. The first-order valence-corrected chi connectivity index (χ1v) is 9.74. The molecule has 1 fully saturated rings. The zero-order chi connectivity index (χ0) is 18.2. The van der Waals surface area contributed by atoms with Crippen molar-refractivity contribution >= 4 is 11.6 Å². The van der Waals surface area contributed by atoms with E-state index in [0.29, 0.717) is 0 Å². The van der Waals surface area contributed by atoms with E-state index >= 15 is 0 Å². The molecular weight excluding hydrogens is 324 g/mol. The smallest absolute Gasteiger partial charge is 0.227 e. The van der Waals surface area contributed by atoms with Crippen molar-refractivity contribution in [2.75, 3.05) is 26.2 Å². The van der Waals surface area contributed by atoms with Gasteiger partial charge in [-0.3, -0.25) is 9.59 Å². The second kappa shape index (κ2) is 9.48. The fraction of sp³-hybridized carbons (Fsp3) is 0.455. The van der Waals surface area contributed by atoms with Gasteiger partial charge in [0.25, 0.3) is 0 Å². The molecule has 0 amide bonds. The van der Waals surface area contributed by atoms with E-state index in [4.69, 9.17) is 0 Å². The number of carbonyl (C=O) groups is 2.